The largest absolute Gasteiger partial charge is 0.407 e. The maximum atomic E-state index is 14.0. The Hall–Kier alpha value is -1.35. The van der Waals surface area contributed by atoms with Gasteiger partial charge in [0.2, 0.25) is 0 Å². The van der Waals surface area contributed by atoms with E-state index in [9.17, 15) is 22.8 Å². The minimum Gasteiger partial charge on any atom is -0.348 e. The number of carbonyl (C=O) groups excluding carboxylic acids is 2. The lowest BCUT2D eigenvalue weighted by Crippen LogP contribution is -2.44. The van der Waals surface area contributed by atoms with Gasteiger partial charge in [-0.2, -0.15) is 37.6 Å². The first-order valence-electron chi connectivity index (χ1n) is 9.19. The van der Waals surface area contributed by atoms with E-state index in [1.165, 1.54) is 24.3 Å². The van der Waals surface area contributed by atoms with Gasteiger partial charge in [0.25, 0.3) is 5.91 Å². The van der Waals surface area contributed by atoms with Crippen LogP contribution in [-0.4, -0.2) is 35.4 Å². The third kappa shape index (κ3) is 5.35. The van der Waals surface area contributed by atoms with E-state index in [4.69, 9.17) is 23.2 Å². The number of Topliss-reactive ketones (excluding diaryl/α,β-unsaturated/α-hetero) is 1. The third-order valence-electron chi connectivity index (χ3n) is 4.99. The highest BCUT2D eigenvalue weighted by molar-refractivity contribution is 8.00. The van der Waals surface area contributed by atoms with Crippen molar-refractivity contribution in [1.82, 2.24) is 5.32 Å². The van der Waals surface area contributed by atoms with Crippen LogP contribution in [0.2, 0.25) is 10.0 Å². The molecule has 3 rings (SSSR count). The molecule has 2 aromatic rings. The van der Waals surface area contributed by atoms with Crippen LogP contribution >= 0.6 is 47.6 Å². The molecule has 10 heteroatoms. The second kappa shape index (κ2) is 9.25. The topological polar surface area (TPSA) is 46.2 Å². The van der Waals surface area contributed by atoms with E-state index in [1.807, 2.05) is 0 Å². The normalized spacial score (nSPS) is 16.4. The number of aryl methyl sites for hydroxylation is 1. The molecule has 0 spiro atoms. The van der Waals surface area contributed by atoms with E-state index in [2.05, 4.69) is 17.9 Å². The molecular weight excluding hydrogens is 490 g/mol. The number of rotatable bonds is 6. The van der Waals surface area contributed by atoms with Crippen LogP contribution in [0.25, 0.3) is 0 Å². The number of thioether (sulfide) groups is 1. The van der Waals surface area contributed by atoms with Crippen LogP contribution in [0, 0.1) is 6.92 Å². The monoisotopic (exact) mass is 507 g/mol. The molecule has 1 amide bonds. The molecule has 0 aliphatic carbocycles. The summed E-state index contributed by atoms with van der Waals surface area (Å²) in [7, 11) is 0. The molecule has 1 aliphatic heterocycles. The zero-order valence-corrected chi connectivity index (χ0v) is 19.4. The Morgan fingerprint density at radius 3 is 2.23 bits per heavy atom. The van der Waals surface area contributed by atoms with Crippen LogP contribution in [-0.2, 0) is 4.75 Å². The van der Waals surface area contributed by atoms with Crippen molar-refractivity contribution in [3.63, 3.8) is 0 Å². The third-order valence-corrected chi connectivity index (χ3v) is 7.37. The van der Waals surface area contributed by atoms with Crippen LogP contribution in [0.15, 0.2) is 36.4 Å². The van der Waals surface area contributed by atoms with Crippen molar-refractivity contribution < 1.29 is 22.8 Å². The minimum atomic E-state index is -4.85. The number of amides is 1. The zero-order chi connectivity index (χ0) is 23.0. The summed E-state index contributed by atoms with van der Waals surface area (Å²) >= 11 is 17.3. The van der Waals surface area contributed by atoms with Crippen LogP contribution in [0.1, 0.15) is 38.3 Å². The van der Waals surface area contributed by atoms with E-state index >= 15 is 0 Å². The van der Waals surface area contributed by atoms with E-state index < -0.39 is 23.1 Å². The molecule has 1 heterocycles. The summed E-state index contributed by atoms with van der Waals surface area (Å²) in [5, 5.41) is 2.90. The Kier molecular flexibility index (Phi) is 7.25. The predicted octanol–water partition coefficient (Wildman–Crippen LogP) is 6.11. The standard InChI is InChI=1S/C21H18Cl2F3NO2S2/c1-11-4-12(2-3-17(11)19(29)27-16-9-31-10-16)18(28)8-20(30,21(24,25)26)13-5-14(22)7-15(23)6-13/h2-7,16,30H,8-10H2,1H3,(H,27,29). The van der Waals surface area contributed by atoms with Gasteiger partial charge in [0.05, 0.1) is 0 Å². The summed E-state index contributed by atoms with van der Waals surface area (Å²) in [5.41, 5.74) is 0.616. The van der Waals surface area contributed by atoms with Gasteiger partial charge in [0.15, 0.2) is 5.78 Å². The second-order valence-corrected chi connectivity index (χ2v) is 10.1. The maximum absolute atomic E-state index is 14.0. The van der Waals surface area contributed by atoms with E-state index in [1.54, 1.807) is 18.7 Å². The molecule has 0 radical (unpaired) electrons. The van der Waals surface area contributed by atoms with Crippen LogP contribution < -0.4 is 5.32 Å². The Morgan fingerprint density at radius 1 is 1.13 bits per heavy atom. The molecule has 1 aliphatic rings. The summed E-state index contributed by atoms with van der Waals surface area (Å²) in [6.45, 7) is 1.63. The van der Waals surface area contributed by atoms with Crippen molar-refractivity contribution in [2.45, 2.75) is 30.3 Å². The van der Waals surface area contributed by atoms with Crippen LogP contribution in [0.3, 0.4) is 0 Å². The van der Waals surface area contributed by atoms with E-state index in [-0.39, 0.29) is 33.1 Å². The molecule has 1 unspecified atom stereocenters. The molecule has 1 fully saturated rings. The van der Waals surface area contributed by atoms with Gasteiger partial charge in [-0.1, -0.05) is 29.3 Å². The molecule has 3 nitrogen and oxygen atoms in total. The Balaban J connectivity index is 1.86. The molecule has 1 N–H and O–H groups in total. The van der Waals surface area contributed by atoms with Crippen LogP contribution in [0.4, 0.5) is 13.2 Å². The summed E-state index contributed by atoms with van der Waals surface area (Å²) in [6, 6.07) is 7.83. The quantitative estimate of drug-likeness (QED) is 0.366. The molecule has 0 bridgehead atoms. The number of nitrogens with one attached hydrogen (secondary N) is 1. The predicted molar refractivity (Wildman–Crippen MR) is 122 cm³/mol. The van der Waals surface area contributed by atoms with Gasteiger partial charge in [0, 0.05) is 45.1 Å². The molecule has 166 valence electrons. The molecule has 31 heavy (non-hydrogen) atoms. The fourth-order valence-electron chi connectivity index (χ4n) is 3.17. The van der Waals surface area contributed by atoms with Gasteiger partial charge in [-0.3, -0.25) is 9.59 Å². The highest BCUT2D eigenvalue weighted by Gasteiger charge is 2.54. The van der Waals surface area contributed by atoms with Crippen molar-refractivity contribution in [2.24, 2.45) is 0 Å². The first kappa shape index (κ1) is 24.3. The van der Waals surface area contributed by atoms with Gasteiger partial charge >= 0.3 is 6.18 Å². The van der Waals surface area contributed by atoms with Gasteiger partial charge < -0.3 is 5.32 Å². The zero-order valence-electron chi connectivity index (χ0n) is 16.2. The van der Waals surface area contributed by atoms with Crippen molar-refractivity contribution in [2.75, 3.05) is 11.5 Å². The van der Waals surface area contributed by atoms with Crippen molar-refractivity contribution in [3.8, 4) is 0 Å². The number of benzene rings is 2. The molecule has 0 aromatic heterocycles. The summed E-state index contributed by atoms with van der Waals surface area (Å²) in [5.74, 6) is 0.648. The number of hydrogen-bond acceptors (Lipinski definition) is 4. The number of alkyl halides is 3. The first-order chi connectivity index (χ1) is 14.4. The number of thiol groups is 1. The van der Waals surface area contributed by atoms with E-state index in [0.29, 0.717) is 11.1 Å². The maximum Gasteiger partial charge on any atom is 0.407 e. The highest BCUT2D eigenvalue weighted by atomic mass is 35.5. The lowest BCUT2D eigenvalue weighted by Gasteiger charge is -2.31. The van der Waals surface area contributed by atoms with E-state index in [0.717, 1.165) is 23.6 Å². The number of ketones is 1. The Bertz CT molecular complexity index is 1010. The molecule has 1 atom stereocenters. The Morgan fingerprint density at radius 2 is 1.74 bits per heavy atom. The number of hydrogen-bond donors (Lipinski definition) is 2. The SMILES string of the molecule is Cc1cc(C(=O)CC(S)(c2cc(Cl)cc(Cl)c2)C(F)(F)F)ccc1C(=O)NC1CSC1. The average molecular weight is 508 g/mol. The van der Waals surface area contributed by atoms with Crippen molar-refractivity contribution in [3.05, 3.63) is 68.7 Å². The van der Waals surface area contributed by atoms with Gasteiger partial charge in [-0.15, -0.1) is 0 Å². The fraction of sp³-hybridized carbons (Fsp3) is 0.333. The van der Waals surface area contributed by atoms with Crippen molar-refractivity contribution >= 4 is 59.3 Å². The lowest BCUT2D eigenvalue weighted by molar-refractivity contribution is -0.160. The smallest absolute Gasteiger partial charge is 0.348 e. The summed E-state index contributed by atoms with van der Waals surface area (Å²) in [4.78, 5) is 25.2. The molecule has 1 saturated heterocycles. The molecular formula is C21H18Cl2F3NO2S2. The molecule has 2 aromatic carbocycles. The highest BCUT2D eigenvalue weighted by Crippen LogP contribution is 2.48. The summed E-state index contributed by atoms with van der Waals surface area (Å²) < 4.78 is 39.1. The number of halogens is 5. The average Bonchev–Trinajstić information content (AvgIpc) is 2.62. The Labute approximate surface area is 197 Å². The van der Waals surface area contributed by atoms with Gasteiger partial charge in [-0.25, -0.2) is 0 Å². The fourth-order valence-corrected chi connectivity index (χ4v) is 4.60. The molecule has 0 saturated carbocycles. The van der Waals surface area contributed by atoms with Crippen molar-refractivity contribution in [1.29, 1.82) is 0 Å². The minimum absolute atomic E-state index is 0.00805. The summed E-state index contributed by atoms with van der Waals surface area (Å²) in [6.07, 6.45) is -5.81. The second-order valence-electron chi connectivity index (χ2n) is 7.35. The van der Waals surface area contributed by atoms with Gasteiger partial charge in [0.1, 0.15) is 4.75 Å². The number of carbonyl (C=O) groups is 2. The lowest BCUT2D eigenvalue weighted by atomic mass is 9.89. The van der Waals surface area contributed by atoms with Crippen LogP contribution in [0.5, 0.6) is 0 Å². The van der Waals surface area contributed by atoms with Gasteiger partial charge in [-0.05, 0) is 48.4 Å². The first-order valence-corrected chi connectivity index (χ1v) is 11.5.